The van der Waals surface area contributed by atoms with Crippen LogP contribution >= 0.6 is 11.3 Å². The molecule has 1 aromatic carbocycles. The van der Waals surface area contributed by atoms with Crippen LogP contribution in [0.4, 0.5) is 5.69 Å². The van der Waals surface area contributed by atoms with Gasteiger partial charge in [-0.05, 0) is 38.3 Å². The van der Waals surface area contributed by atoms with Crippen LogP contribution in [0.5, 0.6) is 5.75 Å². The molecule has 104 valence electrons. The summed E-state index contributed by atoms with van der Waals surface area (Å²) in [5.74, 6) is 0.116. The Morgan fingerprint density at radius 2 is 2.20 bits per heavy atom. The first-order chi connectivity index (χ1) is 9.58. The maximum atomic E-state index is 12.7. The van der Waals surface area contributed by atoms with E-state index in [4.69, 9.17) is 0 Å². The lowest BCUT2D eigenvalue weighted by Crippen LogP contribution is -2.35. The van der Waals surface area contributed by atoms with E-state index in [1.165, 1.54) is 11.3 Å². The third kappa shape index (κ3) is 2.08. The monoisotopic (exact) mass is 288 g/mol. The van der Waals surface area contributed by atoms with E-state index in [2.05, 4.69) is 4.98 Å². The molecule has 1 aromatic heterocycles. The second-order valence-electron chi connectivity index (χ2n) is 4.99. The normalized spacial score (nSPS) is 14.2. The molecule has 5 heteroatoms. The number of thiazole rings is 1. The van der Waals surface area contributed by atoms with Gasteiger partial charge in [0.25, 0.3) is 5.91 Å². The van der Waals surface area contributed by atoms with E-state index < -0.39 is 0 Å². The molecule has 0 saturated carbocycles. The number of rotatable bonds is 1. The summed E-state index contributed by atoms with van der Waals surface area (Å²) in [6.45, 7) is 4.39. The summed E-state index contributed by atoms with van der Waals surface area (Å²) in [6, 6.07) is 5.43. The maximum absolute atomic E-state index is 12.7. The van der Waals surface area contributed by atoms with Crippen molar-refractivity contribution in [1.82, 2.24) is 4.98 Å². The number of carbonyl (C=O) groups is 1. The van der Waals surface area contributed by atoms with Crippen LogP contribution in [0.15, 0.2) is 18.2 Å². The first kappa shape index (κ1) is 13.1. The second kappa shape index (κ2) is 4.90. The Labute approximate surface area is 121 Å². The highest BCUT2D eigenvalue weighted by molar-refractivity contribution is 7.13. The molecule has 0 unspecified atom stereocenters. The number of hydrogen-bond donors (Lipinski definition) is 1. The lowest BCUT2D eigenvalue weighted by molar-refractivity contribution is 0.0987. The van der Waals surface area contributed by atoms with Crippen molar-refractivity contribution in [2.75, 3.05) is 11.4 Å². The summed E-state index contributed by atoms with van der Waals surface area (Å²) < 4.78 is 0. The number of nitrogens with zero attached hydrogens (tertiary/aromatic N) is 2. The Balaban J connectivity index is 2.05. The first-order valence-corrected chi connectivity index (χ1v) is 7.46. The first-order valence-electron chi connectivity index (χ1n) is 6.64. The molecule has 4 nitrogen and oxygen atoms in total. The van der Waals surface area contributed by atoms with E-state index in [-0.39, 0.29) is 11.7 Å². The van der Waals surface area contributed by atoms with E-state index in [1.807, 2.05) is 26.0 Å². The zero-order chi connectivity index (χ0) is 14.3. The van der Waals surface area contributed by atoms with Gasteiger partial charge in [0.1, 0.15) is 10.6 Å². The standard InChI is InChI=1S/C15H16N2O2S/c1-9-14(20-10(2)16-9)15(19)17-8-4-6-11-5-3-7-12(18)13(11)17/h3,5,7,18H,4,6,8H2,1-2H3. The Bertz CT molecular complexity index is 679. The summed E-state index contributed by atoms with van der Waals surface area (Å²) in [7, 11) is 0. The van der Waals surface area contributed by atoms with Crippen LogP contribution < -0.4 is 4.90 Å². The molecular formula is C15H16N2O2S. The number of aryl methyl sites for hydroxylation is 3. The van der Waals surface area contributed by atoms with E-state index in [0.29, 0.717) is 17.1 Å². The van der Waals surface area contributed by atoms with Crippen LogP contribution in [0.25, 0.3) is 0 Å². The number of anilines is 1. The van der Waals surface area contributed by atoms with Gasteiger partial charge in [0.2, 0.25) is 0 Å². The average molecular weight is 288 g/mol. The lowest BCUT2D eigenvalue weighted by Gasteiger charge is -2.29. The summed E-state index contributed by atoms with van der Waals surface area (Å²) >= 11 is 1.41. The number of para-hydroxylation sites is 1. The van der Waals surface area contributed by atoms with E-state index in [0.717, 1.165) is 29.1 Å². The van der Waals surface area contributed by atoms with Gasteiger partial charge < -0.3 is 10.0 Å². The van der Waals surface area contributed by atoms with Gasteiger partial charge in [-0.2, -0.15) is 0 Å². The van der Waals surface area contributed by atoms with Gasteiger partial charge in [-0.1, -0.05) is 12.1 Å². The molecule has 0 atom stereocenters. The fourth-order valence-corrected chi connectivity index (χ4v) is 3.55. The zero-order valence-corrected chi connectivity index (χ0v) is 12.3. The fourth-order valence-electron chi connectivity index (χ4n) is 2.69. The van der Waals surface area contributed by atoms with E-state index in [9.17, 15) is 9.90 Å². The predicted molar refractivity (Wildman–Crippen MR) is 79.7 cm³/mol. The van der Waals surface area contributed by atoms with Gasteiger partial charge in [-0.25, -0.2) is 4.98 Å². The predicted octanol–water partition coefficient (Wildman–Crippen LogP) is 3.06. The Morgan fingerprint density at radius 3 is 2.90 bits per heavy atom. The van der Waals surface area contributed by atoms with Gasteiger partial charge in [0.05, 0.1) is 16.4 Å². The molecule has 20 heavy (non-hydrogen) atoms. The SMILES string of the molecule is Cc1nc(C)c(C(=O)N2CCCc3cccc(O)c32)s1. The minimum atomic E-state index is -0.0597. The molecule has 1 N–H and O–H groups in total. The van der Waals surface area contributed by atoms with Gasteiger partial charge >= 0.3 is 0 Å². The average Bonchev–Trinajstić information content (AvgIpc) is 2.77. The number of phenols is 1. The Kier molecular flexibility index (Phi) is 3.22. The number of fused-ring (bicyclic) bond motifs is 1. The molecular weight excluding hydrogens is 272 g/mol. The number of benzene rings is 1. The molecule has 3 rings (SSSR count). The minimum Gasteiger partial charge on any atom is -0.506 e. The number of hydrogen-bond acceptors (Lipinski definition) is 4. The lowest BCUT2D eigenvalue weighted by atomic mass is 10.0. The van der Waals surface area contributed by atoms with Crippen molar-refractivity contribution in [3.63, 3.8) is 0 Å². The topological polar surface area (TPSA) is 53.4 Å². The molecule has 2 aromatic rings. The van der Waals surface area contributed by atoms with E-state index >= 15 is 0 Å². The second-order valence-corrected chi connectivity index (χ2v) is 6.20. The van der Waals surface area contributed by atoms with Gasteiger partial charge in [-0.3, -0.25) is 4.79 Å². The summed E-state index contributed by atoms with van der Waals surface area (Å²) in [5.41, 5.74) is 2.46. The van der Waals surface area contributed by atoms with Crippen molar-refractivity contribution >= 4 is 22.9 Å². The molecule has 2 heterocycles. The highest BCUT2D eigenvalue weighted by atomic mass is 32.1. The van der Waals surface area contributed by atoms with Crippen LogP contribution in [0, 0.1) is 13.8 Å². The number of aromatic nitrogens is 1. The number of carbonyl (C=O) groups excluding carboxylic acids is 1. The highest BCUT2D eigenvalue weighted by Crippen LogP contribution is 2.37. The number of amides is 1. The molecule has 0 aliphatic carbocycles. The Hall–Kier alpha value is -1.88. The smallest absolute Gasteiger partial charge is 0.270 e. The van der Waals surface area contributed by atoms with Crippen molar-refractivity contribution in [3.8, 4) is 5.75 Å². The van der Waals surface area contributed by atoms with Crippen molar-refractivity contribution in [2.24, 2.45) is 0 Å². The summed E-state index contributed by atoms with van der Waals surface area (Å²) in [6.07, 6.45) is 1.81. The Morgan fingerprint density at radius 1 is 1.40 bits per heavy atom. The third-order valence-electron chi connectivity index (χ3n) is 3.54. The largest absolute Gasteiger partial charge is 0.506 e. The molecule has 0 fully saturated rings. The van der Waals surface area contributed by atoms with Gasteiger partial charge in [0, 0.05) is 6.54 Å². The summed E-state index contributed by atoms with van der Waals surface area (Å²) in [4.78, 5) is 19.4. The molecule has 1 aliphatic rings. The zero-order valence-electron chi connectivity index (χ0n) is 11.5. The van der Waals surface area contributed by atoms with E-state index in [1.54, 1.807) is 11.0 Å². The minimum absolute atomic E-state index is 0.0597. The quantitative estimate of drug-likeness (QED) is 0.877. The highest BCUT2D eigenvalue weighted by Gasteiger charge is 2.28. The van der Waals surface area contributed by atoms with Crippen LogP contribution in [0.1, 0.15) is 32.4 Å². The van der Waals surface area contributed by atoms with Gasteiger partial charge in [-0.15, -0.1) is 11.3 Å². The maximum Gasteiger partial charge on any atom is 0.270 e. The molecule has 0 spiro atoms. The van der Waals surface area contributed by atoms with Crippen molar-refractivity contribution in [3.05, 3.63) is 39.3 Å². The molecule has 0 bridgehead atoms. The van der Waals surface area contributed by atoms with Crippen molar-refractivity contribution < 1.29 is 9.90 Å². The van der Waals surface area contributed by atoms with Crippen LogP contribution in [0.3, 0.4) is 0 Å². The number of aromatic hydroxyl groups is 1. The van der Waals surface area contributed by atoms with Crippen LogP contribution in [0.2, 0.25) is 0 Å². The fraction of sp³-hybridized carbons (Fsp3) is 0.333. The van der Waals surface area contributed by atoms with Gasteiger partial charge in [0.15, 0.2) is 0 Å². The van der Waals surface area contributed by atoms with Crippen molar-refractivity contribution in [2.45, 2.75) is 26.7 Å². The molecule has 0 radical (unpaired) electrons. The number of phenolic OH excluding ortho intramolecular Hbond substituents is 1. The molecule has 1 amide bonds. The summed E-state index contributed by atoms with van der Waals surface area (Å²) in [5, 5.41) is 11.0. The third-order valence-corrected chi connectivity index (χ3v) is 4.60. The van der Waals surface area contributed by atoms with Crippen molar-refractivity contribution in [1.29, 1.82) is 0 Å². The molecule has 0 saturated heterocycles. The molecule has 1 aliphatic heterocycles. The van der Waals surface area contributed by atoms with Crippen LogP contribution in [-0.4, -0.2) is 22.5 Å². The van der Waals surface area contributed by atoms with Crippen LogP contribution in [-0.2, 0) is 6.42 Å².